The summed E-state index contributed by atoms with van der Waals surface area (Å²) < 4.78 is 0. The van der Waals surface area contributed by atoms with E-state index < -0.39 is 0 Å². The van der Waals surface area contributed by atoms with E-state index in [0.29, 0.717) is 11.7 Å². The fourth-order valence-corrected chi connectivity index (χ4v) is 3.30. The Balaban J connectivity index is 2.26. The van der Waals surface area contributed by atoms with Gasteiger partial charge in [0.15, 0.2) is 0 Å². The molecule has 1 atom stereocenters. The second-order valence-corrected chi connectivity index (χ2v) is 5.35. The molecule has 1 aromatic heterocycles. The van der Waals surface area contributed by atoms with E-state index >= 15 is 0 Å². The maximum Gasteiger partial charge on any atom is 0.239 e. The van der Waals surface area contributed by atoms with Gasteiger partial charge in [-0.2, -0.15) is 0 Å². The van der Waals surface area contributed by atoms with Crippen molar-refractivity contribution >= 4 is 34.1 Å². The third-order valence-electron chi connectivity index (χ3n) is 2.03. The van der Waals surface area contributed by atoms with Crippen molar-refractivity contribution in [1.82, 2.24) is 10.2 Å². The van der Waals surface area contributed by atoms with E-state index in [1.54, 1.807) is 22.2 Å². The van der Waals surface area contributed by atoms with Crippen molar-refractivity contribution in [2.75, 3.05) is 10.7 Å². The smallest absolute Gasteiger partial charge is 0.239 e. The number of hydrogen-bond acceptors (Lipinski definition) is 5. The van der Waals surface area contributed by atoms with Crippen molar-refractivity contribution in [1.29, 1.82) is 0 Å². The summed E-state index contributed by atoms with van der Waals surface area (Å²) >= 11 is 3.09. The third kappa shape index (κ3) is 1.64. The molecule has 0 bridgehead atoms. The Morgan fingerprint density at radius 2 is 2.43 bits per heavy atom. The first-order valence-electron chi connectivity index (χ1n) is 4.40. The van der Waals surface area contributed by atoms with Crippen LogP contribution in [-0.2, 0) is 4.79 Å². The summed E-state index contributed by atoms with van der Waals surface area (Å²) in [7, 11) is 0. The normalized spacial score (nSPS) is 22.4. The van der Waals surface area contributed by atoms with E-state index in [1.807, 2.05) is 0 Å². The minimum Gasteiger partial charge on any atom is -0.273 e. The third-order valence-corrected chi connectivity index (χ3v) is 4.22. The second-order valence-electron chi connectivity index (χ2n) is 3.43. The van der Waals surface area contributed by atoms with Crippen LogP contribution in [0.15, 0.2) is 5.51 Å². The van der Waals surface area contributed by atoms with Gasteiger partial charge in [-0.1, -0.05) is 25.2 Å². The average Bonchev–Trinajstić information content (AvgIpc) is 2.71. The fourth-order valence-electron chi connectivity index (χ4n) is 1.42. The maximum absolute atomic E-state index is 11.6. The van der Waals surface area contributed by atoms with Gasteiger partial charge in [0.25, 0.3) is 0 Å². The zero-order valence-electron chi connectivity index (χ0n) is 8.01. The predicted molar refractivity (Wildman–Crippen MR) is 58.5 cm³/mol. The zero-order chi connectivity index (χ0) is 10.1. The number of aromatic nitrogens is 2. The number of amides is 1. The first-order chi connectivity index (χ1) is 6.70. The van der Waals surface area contributed by atoms with E-state index in [0.717, 1.165) is 5.13 Å². The van der Waals surface area contributed by atoms with E-state index in [-0.39, 0.29) is 11.3 Å². The minimum absolute atomic E-state index is 0.144. The van der Waals surface area contributed by atoms with E-state index in [2.05, 4.69) is 24.0 Å². The van der Waals surface area contributed by atoms with Crippen molar-refractivity contribution in [3.63, 3.8) is 0 Å². The zero-order valence-corrected chi connectivity index (χ0v) is 9.64. The van der Waals surface area contributed by atoms with Gasteiger partial charge in [-0.3, -0.25) is 9.69 Å². The van der Waals surface area contributed by atoms with Crippen LogP contribution in [-0.4, -0.2) is 27.2 Å². The molecule has 0 saturated carbocycles. The number of carbonyl (C=O) groups is 1. The number of thioether (sulfide) groups is 1. The van der Waals surface area contributed by atoms with Gasteiger partial charge in [-0.05, 0) is 5.92 Å². The van der Waals surface area contributed by atoms with Crippen molar-refractivity contribution in [2.24, 2.45) is 5.92 Å². The molecular formula is C8H11N3OS2. The molecule has 0 radical (unpaired) electrons. The standard InChI is InChI=1S/C8H11N3OS2/c1-5(2)7-11(6(12)3-13-7)8-10-9-4-14-8/h4-5,7H,3H2,1-2H3/t7-/m1/s1. The molecule has 6 heteroatoms. The Morgan fingerprint density at radius 1 is 1.64 bits per heavy atom. The van der Waals surface area contributed by atoms with Gasteiger partial charge in [0.1, 0.15) is 5.51 Å². The Hall–Kier alpha value is -0.620. The van der Waals surface area contributed by atoms with Crippen molar-refractivity contribution in [2.45, 2.75) is 19.2 Å². The minimum atomic E-state index is 0.144. The lowest BCUT2D eigenvalue weighted by atomic mass is 10.2. The molecule has 0 aliphatic carbocycles. The summed E-state index contributed by atoms with van der Waals surface area (Å²) in [6.45, 7) is 4.23. The molecule has 0 N–H and O–H groups in total. The fraction of sp³-hybridized carbons (Fsp3) is 0.625. The van der Waals surface area contributed by atoms with Gasteiger partial charge in [0.2, 0.25) is 11.0 Å². The lowest BCUT2D eigenvalue weighted by Gasteiger charge is -2.23. The Bertz CT molecular complexity index is 325. The van der Waals surface area contributed by atoms with E-state index in [4.69, 9.17) is 0 Å². The molecule has 1 saturated heterocycles. The molecule has 76 valence electrons. The Kier molecular flexibility index (Phi) is 2.73. The highest BCUT2D eigenvalue weighted by Gasteiger charge is 2.36. The van der Waals surface area contributed by atoms with Crippen LogP contribution in [0.4, 0.5) is 5.13 Å². The van der Waals surface area contributed by atoms with Crippen LogP contribution in [0.25, 0.3) is 0 Å². The molecule has 2 rings (SSSR count). The van der Waals surface area contributed by atoms with E-state index in [9.17, 15) is 4.79 Å². The van der Waals surface area contributed by atoms with Crippen molar-refractivity contribution in [3.05, 3.63) is 5.51 Å². The molecule has 1 aromatic rings. The molecule has 0 unspecified atom stereocenters. The number of anilines is 1. The highest BCUT2D eigenvalue weighted by Crippen LogP contribution is 2.35. The molecule has 0 aromatic carbocycles. The molecule has 14 heavy (non-hydrogen) atoms. The highest BCUT2D eigenvalue weighted by molar-refractivity contribution is 8.01. The summed E-state index contributed by atoms with van der Waals surface area (Å²) in [5.41, 5.74) is 1.66. The first kappa shape index (κ1) is 9.92. The van der Waals surface area contributed by atoms with Gasteiger partial charge in [-0.15, -0.1) is 22.0 Å². The molecule has 1 aliphatic heterocycles. The topological polar surface area (TPSA) is 46.1 Å². The van der Waals surface area contributed by atoms with Gasteiger partial charge >= 0.3 is 0 Å². The molecule has 4 nitrogen and oxygen atoms in total. The van der Waals surface area contributed by atoms with Crippen LogP contribution >= 0.6 is 23.1 Å². The summed E-state index contributed by atoms with van der Waals surface area (Å²) in [5.74, 6) is 1.14. The van der Waals surface area contributed by atoms with Crippen molar-refractivity contribution < 1.29 is 4.79 Å². The van der Waals surface area contributed by atoms with Crippen LogP contribution in [0, 0.1) is 5.92 Å². The van der Waals surface area contributed by atoms with Crippen LogP contribution in [0.2, 0.25) is 0 Å². The summed E-state index contributed by atoms with van der Waals surface area (Å²) in [6.07, 6.45) is 0. The van der Waals surface area contributed by atoms with Crippen LogP contribution in [0.1, 0.15) is 13.8 Å². The van der Waals surface area contributed by atoms with Gasteiger partial charge in [-0.25, -0.2) is 0 Å². The molecular weight excluding hydrogens is 218 g/mol. The Morgan fingerprint density at radius 3 is 3.00 bits per heavy atom. The summed E-state index contributed by atoms with van der Waals surface area (Å²) in [5, 5.41) is 8.64. The lowest BCUT2D eigenvalue weighted by Crippen LogP contribution is -2.35. The number of hydrogen-bond donors (Lipinski definition) is 0. The molecule has 1 fully saturated rings. The molecule has 0 spiro atoms. The summed E-state index contributed by atoms with van der Waals surface area (Å²) in [6, 6.07) is 0. The van der Waals surface area contributed by atoms with Crippen LogP contribution < -0.4 is 4.90 Å². The molecule has 1 amide bonds. The second kappa shape index (κ2) is 3.86. The van der Waals surface area contributed by atoms with Gasteiger partial charge < -0.3 is 0 Å². The quantitative estimate of drug-likeness (QED) is 0.772. The monoisotopic (exact) mass is 229 g/mol. The van der Waals surface area contributed by atoms with Gasteiger partial charge in [0, 0.05) is 0 Å². The SMILES string of the molecule is CC(C)[C@H]1SCC(=O)N1c1nncs1. The summed E-state index contributed by atoms with van der Waals surface area (Å²) in [4.78, 5) is 13.4. The largest absolute Gasteiger partial charge is 0.273 e. The first-order valence-corrected chi connectivity index (χ1v) is 6.33. The van der Waals surface area contributed by atoms with Gasteiger partial charge in [0.05, 0.1) is 11.1 Å². The molecule has 1 aliphatic rings. The molecule has 2 heterocycles. The lowest BCUT2D eigenvalue weighted by molar-refractivity contribution is -0.115. The number of nitrogens with zero attached hydrogens (tertiary/aromatic N) is 3. The van der Waals surface area contributed by atoms with Crippen LogP contribution in [0.5, 0.6) is 0 Å². The van der Waals surface area contributed by atoms with Crippen LogP contribution in [0.3, 0.4) is 0 Å². The Labute approximate surface area is 90.7 Å². The van der Waals surface area contributed by atoms with E-state index in [1.165, 1.54) is 11.3 Å². The average molecular weight is 229 g/mol. The number of carbonyl (C=O) groups excluding carboxylic acids is 1. The van der Waals surface area contributed by atoms with Crippen molar-refractivity contribution in [3.8, 4) is 0 Å². The number of rotatable bonds is 2. The maximum atomic E-state index is 11.6. The highest BCUT2D eigenvalue weighted by atomic mass is 32.2. The predicted octanol–water partition coefficient (Wildman–Crippen LogP) is 1.60.